The van der Waals surface area contributed by atoms with E-state index in [1.807, 2.05) is 73.8 Å². The molecule has 5 heteroatoms. The molecule has 0 heterocycles. The van der Waals surface area contributed by atoms with Gasteiger partial charge in [-0.3, -0.25) is 9.59 Å². The summed E-state index contributed by atoms with van der Waals surface area (Å²) >= 11 is 0. The van der Waals surface area contributed by atoms with Gasteiger partial charge in [-0.05, 0) is 36.2 Å². The van der Waals surface area contributed by atoms with Crippen molar-refractivity contribution >= 4 is 28.3 Å². The molecule has 0 fully saturated rings. The van der Waals surface area contributed by atoms with E-state index in [9.17, 15) is 9.59 Å². The Labute approximate surface area is 165 Å². The van der Waals surface area contributed by atoms with Gasteiger partial charge in [0, 0.05) is 43.2 Å². The molecule has 0 aromatic heterocycles. The number of anilines is 1. The predicted octanol–water partition coefficient (Wildman–Crippen LogP) is 3.66. The first-order chi connectivity index (χ1) is 13.6. The molecule has 144 valence electrons. The van der Waals surface area contributed by atoms with Crippen molar-refractivity contribution in [3.63, 3.8) is 0 Å². The number of nitrogens with one attached hydrogen (secondary N) is 2. The summed E-state index contributed by atoms with van der Waals surface area (Å²) in [6.07, 6.45) is 0.413. The zero-order valence-electron chi connectivity index (χ0n) is 16.2. The van der Waals surface area contributed by atoms with Crippen molar-refractivity contribution in [2.45, 2.75) is 13.0 Å². The Morgan fingerprint density at radius 1 is 0.929 bits per heavy atom. The number of carbonyl (C=O) groups is 2. The number of rotatable bonds is 7. The number of hydrogen-bond acceptors (Lipinski definition) is 3. The average Bonchev–Trinajstić information content (AvgIpc) is 2.72. The van der Waals surface area contributed by atoms with Crippen molar-refractivity contribution in [1.29, 1.82) is 0 Å². The van der Waals surface area contributed by atoms with Crippen LogP contribution >= 0.6 is 0 Å². The van der Waals surface area contributed by atoms with E-state index in [0.29, 0.717) is 18.5 Å². The van der Waals surface area contributed by atoms with Crippen LogP contribution in [0.15, 0.2) is 66.7 Å². The molecule has 0 saturated carbocycles. The molecule has 0 saturated heterocycles. The first-order valence-corrected chi connectivity index (χ1v) is 9.34. The van der Waals surface area contributed by atoms with E-state index < -0.39 is 0 Å². The summed E-state index contributed by atoms with van der Waals surface area (Å²) in [5, 5.41) is 7.79. The lowest BCUT2D eigenvalue weighted by Crippen LogP contribution is -2.24. The Morgan fingerprint density at radius 2 is 1.64 bits per heavy atom. The smallest absolute Gasteiger partial charge is 0.251 e. The molecule has 0 aliphatic rings. The van der Waals surface area contributed by atoms with Gasteiger partial charge < -0.3 is 15.5 Å². The van der Waals surface area contributed by atoms with Crippen LogP contribution in [0.25, 0.3) is 10.8 Å². The van der Waals surface area contributed by atoms with Crippen molar-refractivity contribution in [2.24, 2.45) is 0 Å². The highest BCUT2D eigenvalue weighted by molar-refractivity contribution is 6.02. The molecule has 3 rings (SSSR count). The van der Waals surface area contributed by atoms with Gasteiger partial charge in [0.2, 0.25) is 5.91 Å². The monoisotopic (exact) mass is 375 g/mol. The minimum absolute atomic E-state index is 0.00170. The molecule has 0 bridgehead atoms. The number of benzene rings is 3. The molecule has 2 N–H and O–H groups in total. The second kappa shape index (κ2) is 9.15. The van der Waals surface area contributed by atoms with Crippen LogP contribution in [0.2, 0.25) is 0 Å². The maximum absolute atomic E-state index is 12.4. The lowest BCUT2D eigenvalue weighted by Gasteiger charge is -2.17. The zero-order chi connectivity index (χ0) is 19.9. The van der Waals surface area contributed by atoms with Gasteiger partial charge in [-0.2, -0.15) is 0 Å². The van der Waals surface area contributed by atoms with Gasteiger partial charge in [0.25, 0.3) is 5.91 Å². The van der Waals surface area contributed by atoms with E-state index >= 15 is 0 Å². The number of fused-ring (bicyclic) bond motifs is 1. The predicted molar refractivity (Wildman–Crippen MR) is 113 cm³/mol. The maximum Gasteiger partial charge on any atom is 0.251 e. The van der Waals surface area contributed by atoms with Gasteiger partial charge in [0.1, 0.15) is 0 Å². The van der Waals surface area contributed by atoms with Crippen molar-refractivity contribution < 1.29 is 9.59 Å². The van der Waals surface area contributed by atoms with Crippen LogP contribution in [0, 0.1) is 0 Å². The molecule has 3 aromatic carbocycles. The second-order valence-corrected chi connectivity index (χ2v) is 6.84. The Balaban J connectivity index is 1.52. The van der Waals surface area contributed by atoms with Crippen LogP contribution in [0.4, 0.5) is 5.69 Å². The summed E-state index contributed by atoms with van der Waals surface area (Å²) in [4.78, 5) is 26.1. The highest BCUT2D eigenvalue weighted by Gasteiger charge is 2.09. The fourth-order valence-corrected chi connectivity index (χ4v) is 3.14. The molecule has 0 aliphatic carbocycles. The molecule has 28 heavy (non-hydrogen) atoms. The highest BCUT2D eigenvalue weighted by Crippen LogP contribution is 2.23. The van der Waals surface area contributed by atoms with E-state index in [2.05, 4.69) is 15.5 Å². The Hall–Kier alpha value is -3.18. The molecular formula is C23H25N3O2. The quantitative estimate of drug-likeness (QED) is 0.662. The standard InChI is InChI=1S/C23H25N3O2/c1-24-23(28)19-12-10-17(11-13-19)16-26(2)15-14-22(27)25-21-9-5-7-18-6-3-4-8-20(18)21/h3-13H,14-16H2,1-2H3,(H,24,28)(H,25,27). The van der Waals surface area contributed by atoms with Crippen molar-refractivity contribution in [2.75, 3.05) is 26.0 Å². The van der Waals surface area contributed by atoms with Crippen molar-refractivity contribution in [1.82, 2.24) is 10.2 Å². The van der Waals surface area contributed by atoms with E-state index in [0.717, 1.165) is 28.6 Å². The number of hydrogen-bond donors (Lipinski definition) is 2. The topological polar surface area (TPSA) is 61.4 Å². The van der Waals surface area contributed by atoms with Crippen molar-refractivity contribution in [3.05, 3.63) is 77.9 Å². The highest BCUT2D eigenvalue weighted by atomic mass is 16.2. The molecule has 0 aliphatic heterocycles. The van der Waals surface area contributed by atoms with Gasteiger partial charge in [0.05, 0.1) is 0 Å². The SMILES string of the molecule is CNC(=O)c1ccc(CN(C)CCC(=O)Nc2cccc3ccccc23)cc1. The second-order valence-electron chi connectivity index (χ2n) is 6.84. The largest absolute Gasteiger partial charge is 0.355 e. The minimum atomic E-state index is -0.0926. The molecule has 5 nitrogen and oxygen atoms in total. The van der Waals surface area contributed by atoms with Crippen LogP contribution in [0.5, 0.6) is 0 Å². The summed E-state index contributed by atoms with van der Waals surface area (Å²) in [5.41, 5.74) is 2.59. The van der Waals surface area contributed by atoms with Crippen LogP contribution in [-0.2, 0) is 11.3 Å². The van der Waals surface area contributed by atoms with E-state index in [4.69, 9.17) is 0 Å². The van der Waals surface area contributed by atoms with Gasteiger partial charge in [-0.1, -0.05) is 48.5 Å². The van der Waals surface area contributed by atoms with Crippen molar-refractivity contribution in [3.8, 4) is 0 Å². The Morgan fingerprint density at radius 3 is 2.39 bits per heavy atom. The van der Waals surface area contributed by atoms with Gasteiger partial charge in [0.15, 0.2) is 0 Å². The third kappa shape index (κ3) is 4.96. The maximum atomic E-state index is 12.4. The first-order valence-electron chi connectivity index (χ1n) is 9.34. The average molecular weight is 375 g/mol. The summed E-state index contributed by atoms with van der Waals surface area (Å²) < 4.78 is 0. The molecule has 2 amide bonds. The Bertz CT molecular complexity index is 962. The summed E-state index contributed by atoms with van der Waals surface area (Å²) in [6.45, 7) is 1.36. The fraction of sp³-hybridized carbons (Fsp3) is 0.217. The van der Waals surface area contributed by atoms with Gasteiger partial charge in [-0.25, -0.2) is 0 Å². The molecule has 0 unspecified atom stereocenters. The molecule has 0 atom stereocenters. The molecule has 0 spiro atoms. The van der Waals surface area contributed by atoms with Crippen LogP contribution < -0.4 is 10.6 Å². The first kappa shape index (κ1) is 19.6. The molecule has 3 aromatic rings. The van der Waals surface area contributed by atoms with Gasteiger partial charge >= 0.3 is 0 Å². The number of nitrogens with zero attached hydrogens (tertiary/aromatic N) is 1. The Kier molecular flexibility index (Phi) is 6.40. The lowest BCUT2D eigenvalue weighted by molar-refractivity contribution is -0.116. The van der Waals surface area contributed by atoms with Gasteiger partial charge in [-0.15, -0.1) is 0 Å². The third-order valence-corrected chi connectivity index (χ3v) is 4.68. The lowest BCUT2D eigenvalue weighted by atomic mass is 10.1. The van der Waals surface area contributed by atoms with E-state index in [-0.39, 0.29) is 11.8 Å². The normalized spacial score (nSPS) is 10.8. The van der Waals surface area contributed by atoms with Crippen LogP contribution in [0.3, 0.4) is 0 Å². The van der Waals surface area contributed by atoms with Crippen LogP contribution in [-0.4, -0.2) is 37.4 Å². The zero-order valence-corrected chi connectivity index (χ0v) is 16.2. The summed E-state index contributed by atoms with van der Waals surface area (Å²) in [7, 11) is 3.60. The molecule has 0 radical (unpaired) electrons. The number of carbonyl (C=O) groups excluding carboxylic acids is 2. The summed E-state index contributed by atoms with van der Waals surface area (Å²) in [6, 6.07) is 21.4. The third-order valence-electron chi connectivity index (χ3n) is 4.68. The summed E-state index contributed by atoms with van der Waals surface area (Å²) in [5.74, 6) is -0.0943. The minimum Gasteiger partial charge on any atom is -0.355 e. The number of amides is 2. The van der Waals surface area contributed by atoms with Crippen LogP contribution in [0.1, 0.15) is 22.3 Å². The molecular weight excluding hydrogens is 350 g/mol. The van der Waals surface area contributed by atoms with E-state index in [1.54, 1.807) is 7.05 Å². The van der Waals surface area contributed by atoms with E-state index in [1.165, 1.54) is 0 Å². The fourth-order valence-electron chi connectivity index (χ4n) is 3.14.